The van der Waals surface area contributed by atoms with Gasteiger partial charge in [-0.2, -0.15) is 0 Å². The van der Waals surface area contributed by atoms with Crippen LogP contribution in [0, 0.1) is 11.3 Å². The predicted octanol–water partition coefficient (Wildman–Crippen LogP) is 5.31. The molecule has 2 aromatic carbocycles. The zero-order valence-corrected chi connectivity index (χ0v) is 24.2. The van der Waals surface area contributed by atoms with Gasteiger partial charge < -0.3 is 21.1 Å². The molecule has 8 heteroatoms. The molecule has 0 aromatic heterocycles. The molecule has 0 aliphatic heterocycles. The maximum absolute atomic E-state index is 14.4. The van der Waals surface area contributed by atoms with Crippen molar-refractivity contribution in [2.75, 3.05) is 19.6 Å². The summed E-state index contributed by atoms with van der Waals surface area (Å²) in [5, 5.41) is 16.1. The van der Waals surface area contributed by atoms with E-state index >= 15 is 0 Å². The topological polar surface area (TPSA) is 95.7 Å². The normalized spacial score (nSPS) is 18.3. The van der Waals surface area contributed by atoms with Crippen molar-refractivity contribution in [2.45, 2.75) is 52.2 Å². The number of hydrogen-bond acceptors (Lipinski definition) is 4. The van der Waals surface area contributed by atoms with Gasteiger partial charge in [0.2, 0.25) is 11.8 Å². The summed E-state index contributed by atoms with van der Waals surface area (Å²) in [6, 6.07) is 15.1. The molecule has 0 fully saturated rings. The smallest absolute Gasteiger partial charge is 0.244 e. The highest BCUT2D eigenvalue weighted by Gasteiger charge is 2.49. The number of hydrogen-bond donors (Lipinski definition) is 3. The van der Waals surface area contributed by atoms with E-state index in [0.29, 0.717) is 41.7 Å². The highest BCUT2D eigenvalue weighted by Crippen LogP contribution is 2.44. The van der Waals surface area contributed by atoms with Crippen molar-refractivity contribution in [3.8, 4) is 0 Å². The van der Waals surface area contributed by atoms with Gasteiger partial charge in [-0.05, 0) is 55.0 Å². The van der Waals surface area contributed by atoms with Crippen molar-refractivity contribution in [3.63, 3.8) is 0 Å². The van der Waals surface area contributed by atoms with E-state index in [9.17, 15) is 14.7 Å². The van der Waals surface area contributed by atoms with Crippen LogP contribution >= 0.6 is 23.2 Å². The molecule has 2 amide bonds. The van der Waals surface area contributed by atoms with Gasteiger partial charge >= 0.3 is 0 Å². The van der Waals surface area contributed by atoms with Crippen LogP contribution in [0.4, 0.5) is 0 Å². The van der Waals surface area contributed by atoms with E-state index in [4.69, 9.17) is 28.9 Å². The molecule has 0 saturated heterocycles. The fraction of sp³-hybridized carbons (Fsp3) is 0.419. The molecule has 0 radical (unpaired) electrons. The highest BCUT2D eigenvalue weighted by atomic mass is 35.5. The lowest BCUT2D eigenvalue weighted by molar-refractivity contribution is -0.145. The van der Waals surface area contributed by atoms with Crippen LogP contribution in [0.25, 0.3) is 0 Å². The summed E-state index contributed by atoms with van der Waals surface area (Å²) in [6.07, 6.45) is 6.56. The minimum absolute atomic E-state index is 0.0871. The maximum Gasteiger partial charge on any atom is 0.244 e. The second-order valence-electron chi connectivity index (χ2n) is 10.2. The first-order chi connectivity index (χ1) is 18.7. The van der Waals surface area contributed by atoms with Crippen LogP contribution in [0.3, 0.4) is 0 Å². The van der Waals surface area contributed by atoms with Gasteiger partial charge in [0, 0.05) is 47.7 Å². The lowest BCUT2D eigenvalue weighted by atomic mass is 9.64. The molecular formula is C31H39Cl2N3O3. The molecule has 4 N–H and O–H groups in total. The summed E-state index contributed by atoms with van der Waals surface area (Å²) < 4.78 is 0. The van der Waals surface area contributed by atoms with Crippen molar-refractivity contribution >= 4 is 35.0 Å². The predicted molar refractivity (Wildman–Crippen MR) is 158 cm³/mol. The number of carbonyl (C=O) groups is 2. The number of benzene rings is 2. The Hall–Kier alpha value is -2.64. The first kappa shape index (κ1) is 30.9. The van der Waals surface area contributed by atoms with Gasteiger partial charge in [-0.1, -0.05) is 85.6 Å². The van der Waals surface area contributed by atoms with Gasteiger partial charge in [-0.25, -0.2) is 0 Å². The lowest BCUT2D eigenvalue weighted by Crippen LogP contribution is -2.54. The van der Waals surface area contributed by atoms with E-state index in [1.807, 2.05) is 67.3 Å². The minimum atomic E-state index is -1.14. The molecule has 3 atom stereocenters. The zero-order chi connectivity index (χ0) is 28.4. The first-order valence-electron chi connectivity index (χ1n) is 13.5. The Morgan fingerprint density at radius 3 is 2.28 bits per heavy atom. The van der Waals surface area contributed by atoms with E-state index in [2.05, 4.69) is 5.32 Å². The standard InChI is InChI=1S/C31H39Cl2N3O3/c1-3-13-36(14-4-2)30(39)31(12-8-11-24(19-31)29(34)38)27(17-22-9-6-5-7-10-22)28(37)21-35-20-23-15-25(32)18-26(33)16-23/h5-12,15-16,18,27-28,35,37H,3-4,13-14,17,19-21H2,1-2H3,(H2,34,38)/t27-,28+,31?/m1/s1. The number of nitrogens with two attached hydrogens (primary N) is 1. The molecule has 6 nitrogen and oxygen atoms in total. The SMILES string of the molecule is CCCN(CCC)C(=O)C1([C@H](Cc2ccccc2)[C@@H](O)CNCc2cc(Cl)cc(Cl)c2)C=CC=C(C(N)=O)C1. The quantitative estimate of drug-likeness (QED) is 0.286. The third kappa shape index (κ3) is 8.18. The van der Waals surface area contributed by atoms with E-state index in [1.165, 1.54) is 0 Å². The van der Waals surface area contributed by atoms with E-state index in [-0.39, 0.29) is 18.9 Å². The van der Waals surface area contributed by atoms with Crippen LogP contribution in [0.1, 0.15) is 44.2 Å². The van der Waals surface area contributed by atoms with Crippen molar-refractivity contribution in [2.24, 2.45) is 17.1 Å². The molecule has 210 valence electrons. The number of nitrogens with zero attached hydrogens (tertiary/aromatic N) is 1. The summed E-state index contributed by atoms with van der Waals surface area (Å²) in [5.74, 6) is -1.17. The van der Waals surface area contributed by atoms with E-state index in [0.717, 1.165) is 24.0 Å². The van der Waals surface area contributed by atoms with Gasteiger partial charge in [-0.15, -0.1) is 0 Å². The second-order valence-corrected chi connectivity index (χ2v) is 11.1. The van der Waals surface area contributed by atoms with Gasteiger partial charge in [-0.3, -0.25) is 9.59 Å². The van der Waals surface area contributed by atoms with Crippen molar-refractivity contribution in [3.05, 3.63) is 93.5 Å². The summed E-state index contributed by atoms with van der Waals surface area (Å²) in [5.41, 5.74) is 6.84. The number of aliphatic hydroxyl groups is 1. The van der Waals surface area contributed by atoms with Gasteiger partial charge in [0.1, 0.15) is 0 Å². The molecule has 1 aliphatic carbocycles. The summed E-state index contributed by atoms with van der Waals surface area (Å²) in [4.78, 5) is 28.6. The Labute approximate surface area is 241 Å². The molecule has 2 aromatic rings. The van der Waals surface area contributed by atoms with Gasteiger partial charge in [0.05, 0.1) is 11.5 Å². The molecule has 0 saturated carbocycles. The van der Waals surface area contributed by atoms with E-state index in [1.54, 1.807) is 18.2 Å². The van der Waals surface area contributed by atoms with Crippen LogP contribution in [0.5, 0.6) is 0 Å². The number of aliphatic hydroxyl groups excluding tert-OH is 1. The number of rotatable bonds is 14. The average Bonchev–Trinajstić information content (AvgIpc) is 2.91. The van der Waals surface area contributed by atoms with E-state index < -0.39 is 23.3 Å². The van der Waals surface area contributed by atoms with Crippen molar-refractivity contribution < 1.29 is 14.7 Å². The zero-order valence-electron chi connectivity index (χ0n) is 22.7. The maximum atomic E-state index is 14.4. The molecule has 0 heterocycles. The Morgan fingerprint density at radius 1 is 1.05 bits per heavy atom. The highest BCUT2D eigenvalue weighted by molar-refractivity contribution is 6.34. The second kappa shape index (κ2) is 14.7. The Kier molecular flexibility index (Phi) is 11.6. The fourth-order valence-electron chi connectivity index (χ4n) is 5.40. The average molecular weight is 573 g/mol. The lowest BCUT2D eigenvalue weighted by Gasteiger charge is -2.44. The molecule has 3 rings (SSSR count). The monoisotopic (exact) mass is 571 g/mol. The Balaban J connectivity index is 1.98. The molecule has 1 unspecified atom stereocenters. The largest absolute Gasteiger partial charge is 0.391 e. The Bertz CT molecular complexity index is 1160. The number of allylic oxidation sites excluding steroid dienone is 2. The Morgan fingerprint density at radius 2 is 1.69 bits per heavy atom. The summed E-state index contributed by atoms with van der Waals surface area (Å²) in [7, 11) is 0. The number of carbonyl (C=O) groups excluding carboxylic acids is 2. The van der Waals surface area contributed by atoms with Crippen molar-refractivity contribution in [1.29, 1.82) is 0 Å². The fourth-order valence-corrected chi connectivity index (χ4v) is 5.97. The van der Waals surface area contributed by atoms with Crippen molar-refractivity contribution in [1.82, 2.24) is 10.2 Å². The minimum Gasteiger partial charge on any atom is -0.391 e. The first-order valence-corrected chi connectivity index (χ1v) is 14.3. The molecular weight excluding hydrogens is 533 g/mol. The van der Waals surface area contributed by atoms with Gasteiger partial charge in [0.25, 0.3) is 0 Å². The summed E-state index contributed by atoms with van der Waals surface area (Å²) in [6.45, 7) is 5.93. The molecule has 1 aliphatic rings. The molecule has 0 bridgehead atoms. The van der Waals surface area contributed by atoms with Crippen LogP contribution in [0.15, 0.2) is 72.3 Å². The molecule has 39 heavy (non-hydrogen) atoms. The molecule has 0 spiro atoms. The number of primary amides is 1. The third-order valence-electron chi connectivity index (χ3n) is 7.19. The number of halogens is 2. The van der Waals surface area contributed by atoms with Crippen LogP contribution in [-0.2, 0) is 22.6 Å². The van der Waals surface area contributed by atoms with Crippen LogP contribution in [0.2, 0.25) is 10.0 Å². The van der Waals surface area contributed by atoms with Gasteiger partial charge in [0.15, 0.2) is 0 Å². The van der Waals surface area contributed by atoms with Crippen LogP contribution < -0.4 is 11.1 Å². The number of amides is 2. The summed E-state index contributed by atoms with van der Waals surface area (Å²) >= 11 is 12.3. The third-order valence-corrected chi connectivity index (χ3v) is 7.63. The number of nitrogens with one attached hydrogen (secondary N) is 1. The van der Waals surface area contributed by atoms with Crippen LogP contribution in [-0.4, -0.2) is 47.6 Å².